The normalized spacial score (nSPS) is 19.6. The van der Waals surface area contributed by atoms with Gasteiger partial charge < -0.3 is 24.9 Å². The summed E-state index contributed by atoms with van der Waals surface area (Å²) in [6.45, 7) is 0. The zero-order chi connectivity index (χ0) is 21.3. The number of rotatable bonds is 7. The van der Waals surface area contributed by atoms with Crippen LogP contribution in [0.15, 0.2) is 36.5 Å². The predicted molar refractivity (Wildman–Crippen MR) is 109 cm³/mol. The van der Waals surface area contributed by atoms with Gasteiger partial charge in [-0.2, -0.15) is 0 Å². The van der Waals surface area contributed by atoms with Crippen LogP contribution in [0.5, 0.6) is 11.5 Å². The molecule has 0 radical (unpaired) electrons. The number of methoxy groups -OCH3 is 1. The molecule has 2 atom stereocenters. The molecule has 2 aromatic rings. The maximum atomic E-state index is 12.9. The smallest absolute Gasteiger partial charge is 0.304 e. The first kappa shape index (κ1) is 20.2. The van der Waals surface area contributed by atoms with Crippen LogP contribution in [0.4, 0.5) is 5.69 Å². The number of carboxylic acid groups (broad SMARTS) is 1. The molecule has 158 valence electrons. The molecular formula is C22H23N2O6-. The van der Waals surface area contributed by atoms with E-state index in [1.807, 2.05) is 0 Å². The average molecular weight is 411 g/mol. The maximum absolute atomic E-state index is 12.9. The second kappa shape index (κ2) is 8.31. The number of hydrogen-bond donors (Lipinski definition) is 1. The fourth-order valence-corrected chi connectivity index (χ4v) is 4.31. The number of hydroxylamine groups is 1. The van der Waals surface area contributed by atoms with Crippen LogP contribution in [0.1, 0.15) is 54.1 Å². The Hall–Kier alpha value is -3.13. The van der Waals surface area contributed by atoms with Crippen LogP contribution in [0.3, 0.4) is 0 Å². The van der Waals surface area contributed by atoms with Crippen molar-refractivity contribution in [3.63, 3.8) is 0 Å². The molecule has 4 rings (SSSR count). The second-order valence-corrected chi connectivity index (χ2v) is 7.64. The van der Waals surface area contributed by atoms with Crippen molar-refractivity contribution < 1.29 is 24.2 Å². The number of carbonyl (C=O) groups excluding carboxylic acids is 1. The number of carbonyl (C=O) groups is 2. The van der Waals surface area contributed by atoms with Crippen molar-refractivity contribution in [1.82, 2.24) is 4.98 Å². The minimum atomic E-state index is -1.20. The maximum Gasteiger partial charge on any atom is 0.304 e. The summed E-state index contributed by atoms with van der Waals surface area (Å²) in [5.74, 6) is -1.41. The number of aliphatic carboxylic acids is 1. The molecule has 0 saturated heterocycles. The average Bonchev–Trinajstić information content (AvgIpc) is 3.33. The van der Waals surface area contributed by atoms with Gasteiger partial charge in [-0.3, -0.25) is 14.6 Å². The highest BCUT2D eigenvalue weighted by Gasteiger charge is 2.40. The lowest BCUT2D eigenvalue weighted by molar-refractivity contribution is -0.137. The zero-order valence-electron chi connectivity index (χ0n) is 16.6. The molecule has 1 aliphatic carbocycles. The molecule has 8 nitrogen and oxygen atoms in total. The highest BCUT2D eigenvalue weighted by molar-refractivity contribution is 6.10. The van der Waals surface area contributed by atoms with E-state index in [2.05, 4.69) is 4.98 Å². The summed E-state index contributed by atoms with van der Waals surface area (Å²) in [4.78, 5) is 28.6. The van der Waals surface area contributed by atoms with Gasteiger partial charge in [-0.1, -0.05) is 6.07 Å². The summed E-state index contributed by atoms with van der Waals surface area (Å²) >= 11 is 0. The third kappa shape index (κ3) is 3.70. The van der Waals surface area contributed by atoms with Crippen LogP contribution in [-0.2, 0) is 4.79 Å². The van der Waals surface area contributed by atoms with E-state index >= 15 is 0 Å². The second-order valence-electron chi connectivity index (χ2n) is 7.64. The summed E-state index contributed by atoms with van der Waals surface area (Å²) in [6, 6.07) is 6.97. The van der Waals surface area contributed by atoms with E-state index in [4.69, 9.17) is 9.47 Å². The molecule has 0 bridgehead atoms. The van der Waals surface area contributed by atoms with E-state index in [1.54, 1.807) is 24.3 Å². The lowest BCUT2D eigenvalue weighted by Crippen LogP contribution is -2.38. The molecule has 2 unspecified atom stereocenters. The molecule has 1 fully saturated rings. The van der Waals surface area contributed by atoms with E-state index in [1.165, 1.54) is 19.4 Å². The number of Topliss-reactive ketones (excluding diaryl/α,β-unsaturated/α-hetero) is 1. The number of ketones is 1. The highest BCUT2D eigenvalue weighted by Crippen LogP contribution is 2.41. The van der Waals surface area contributed by atoms with Crippen molar-refractivity contribution in [1.29, 1.82) is 0 Å². The third-order valence-electron chi connectivity index (χ3n) is 5.77. The van der Waals surface area contributed by atoms with Crippen molar-refractivity contribution in [2.24, 2.45) is 0 Å². The van der Waals surface area contributed by atoms with Crippen molar-refractivity contribution in [3.05, 3.63) is 53.0 Å². The Balaban J connectivity index is 1.71. The van der Waals surface area contributed by atoms with Crippen LogP contribution in [-0.4, -0.2) is 41.1 Å². The third-order valence-corrected chi connectivity index (χ3v) is 5.77. The Morgan fingerprint density at radius 2 is 2.07 bits per heavy atom. The Morgan fingerprint density at radius 1 is 1.30 bits per heavy atom. The number of hydrogen-bond acceptors (Lipinski definition) is 7. The van der Waals surface area contributed by atoms with E-state index in [0.29, 0.717) is 22.1 Å². The van der Waals surface area contributed by atoms with Gasteiger partial charge in [0.15, 0.2) is 11.5 Å². The van der Waals surface area contributed by atoms with E-state index < -0.39 is 23.7 Å². The number of aromatic nitrogens is 1. The van der Waals surface area contributed by atoms with Crippen molar-refractivity contribution in [2.45, 2.75) is 50.2 Å². The Morgan fingerprint density at radius 3 is 2.73 bits per heavy atom. The zero-order valence-corrected chi connectivity index (χ0v) is 16.6. The molecular weight excluding hydrogens is 388 g/mol. The van der Waals surface area contributed by atoms with Gasteiger partial charge in [-0.05, 0) is 55.5 Å². The van der Waals surface area contributed by atoms with Gasteiger partial charge in [0.2, 0.25) is 5.78 Å². The molecule has 1 aliphatic heterocycles. The SMILES string of the molecule is COc1ccc(C(CC(=O)O)C2C(=O)c3ncccc3N2[O-])cc1OC1CCCC1. The van der Waals surface area contributed by atoms with Gasteiger partial charge in [0.1, 0.15) is 5.69 Å². The van der Waals surface area contributed by atoms with Crippen molar-refractivity contribution in [2.75, 3.05) is 12.2 Å². The van der Waals surface area contributed by atoms with Crippen LogP contribution in [0.25, 0.3) is 0 Å². The molecule has 1 saturated carbocycles. The van der Waals surface area contributed by atoms with Gasteiger partial charge in [-0.25, -0.2) is 0 Å². The van der Waals surface area contributed by atoms with Gasteiger partial charge in [-0.15, -0.1) is 0 Å². The van der Waals surface area contributed by atoms with E-state index in [0.717, 1.165) is 25.7 Å². The molecule has 2 heterocycles. The molecule has 8 heteroatoms. The predicted octanol–water partition coefficient (Wildman–Crippen LogP) is 3.54. The highest BCUT2D eigenvalue weighted by atomic mass is 16.5. The first-order valence-electron chi connectivity index (χ1n) is 10.0. The van der Waals surface area contributed by atoms with E-state index in [9.17, 15) is 19.9 Å². The van der Waals surface area contributed by atoms with Gasteiger partial charge >= 0.3 is 5.97 Å². The molecule has 1 aromatic heterocycles. The first-order valence-corrected chi connectivity index (χ1v) is 10.0. The molecule has 1 aromatic carbocycles. The summed E-state index contributed by atoms with van der Waals surface area (Å²) in [7, 11) is 1.54. The summed E-state index contributed by atoms with van der Waals surface area (Å²) in [5.41, 5.74) is 0.779. The largest absolute Gasteiger partial charge is 0.758 e. The number of ether oxygens (including phenoxy) is 2. The minimum Gasteiger partial charge on any atom is -0.758 e. The number of anilines is 1. The molecule has 1 N–H and O–H groups in total. The molecule has 0 spiro atoms. The topological polar surface area (TPSA) is 112 Å². The van der Waals surface area contributed by atoms with Crippen molar-refractivity contribution >= 4 is 17.4 Å². The monoisotopic (exact) mass is 411 g/mol. The number of pyridine rings is 1. The van der Waals surface area contributed by atoms with Crippen molar-refractivity contribution in [3.8, 4) is 11.5 Å². The summed E-state index contributed by atoms with van der Waals surface area (Å²) in [5, 5.41) is 23.0. The van der Waals surface area contributed by atoms with Gasteiger partial charge in [0.25, 0.3) is 0 Å². The number of carboxylic acids is 1. The van der Waals surface area contributed by atoms with Crippen LogP contribution >= 0.6 is 0 Å². The van der Waals surface area contributed by atoms with Crippen LogP contribution < -0.4 is 14.5 Å². The number of nitrogens with zero attached hydrogens (tertiary/aromatic N) is 2. The quantitative estimate of drug-likeness (QED) is 0.736. The summed E-state index contributed by atoms with van der Waals surface area (Å²) < 4.78 is 11.5. The number of fused-ring (bicyclic) bond motifs is 1. The lowest BCUT2D eigenvalue weighted by atomic mass is 9.86. The van der Waals surface area contributed by atoms with Gasteiger partial charge in [0.05, 0.1) is 31.4 Å². The number of benzene rings is 1. The standard InChI is InChI=1S/C22H23N2O6/c1-29-17-9-8-13(11-18(17)30-14-5-2-3-6-14)15(12-19(25)26)21-22(27)20-16(24(21)28)7-4-10-23-20/h4,7-11,14-15,21H,2-3,5-6,12H2,1H3,(H,25,26)/q-1. The molecule has 0 amide bonds. The first-order chi connectivity index (χ1) is 14.5. The summed E-state index contributed by atoms with van der Waals surface area (Å²) in [6.07, 6.45) is 5.23. The fraction of sp³-hybridized carbons (Fsp3) is 0.409. The fourth-order valence-electron chi connectivity index (χ4n) is 4.31. The lowest BCUT2D eigenvalue weighted by Gasteiger charge is -2.36. The Bertz CT molecular complexity index is 956. The minimum absolute atomic E-state index is 0.0730. The van der Waals surface area contributed by atoms with E-state index in [-0.39, 0.29) is 23.9 Å². The van der Waals surface area contributed by atoms with Crippen LogP contribution in [0.2, 0.25) is 0 Å². The van der Waals surface area contributed by atoms with Gasteiger partial charge in [0, 0.05) is 12.1 Å². The Labute approximate surface area is 174 Å². The molecule has 30 heavy (non-hydrogen) atoms. The van der Waals surface area contributed by atoms with Crippen LogP contribution in [0, 0.1) is 5.21 Å². The Kier molecular flexibility index (Phi) is 5.59. The molecule has 2 aliphatic rings.